The van der Waals surface area contributed by atoms with Crippen molar-refractivity contribution in [3.05, 3.63) is 76.0 Å². The van der Waals surface area contributed by atoms with Gasteiger partial charge in [0.05, 0.1) is 21.3 Å². The van der Waals surface area contributed by atoms with Crippen molar-refractivity contribution in [3.63, 3.8) is 0 Å². The number of carbonyl (C=O) groups excluding carboxylic acids is 1. The first-order valence-electron chi connectivity index (χ1n) is 7.24. The molecule has 26 heavy (non-hydrogen) atoms. The summed E-state index contributed by atoms with van der Waals surface area (Å²) < 4.78 is 27.2. The highest BCUT2D eigenvalue weighted by Crippen LogP contribution is 2.30. The third-order valence-electron chi connectivity index (χ3n) is 3.31. The number of nitrogens with one attached hydrogen (secondary N) is 2. The lowest BCUT2D eigenvalue weighted by molar-refractivity contribution is 0.102. The van der Waals surface area contributed by atoms with Crippen LogP contribution in [0.25, 0.3) is 0 Å². The molecule has 0 saturated heterocycles. The van der Waals surface area contributed by atoms with Crippen LogP contribution in [0.3, 0.4) is 0 Å². The summed E-state index contributed by atoms with van der Waals surface area (Å²) in [6.07, 6.45) is 2.41. The Balaban J connectivity index is 1.76. The topological polar surface area (TPSA) is 66.9 Å². The van der Waals surface area contributed by atoms with Crippen LogP contribution in [0.2, 0.25) is 10.0 Å². The summed E-state index contributed by atoms with van der Waals surface area (Å²) in [7, 11) is 0. The maximum absolute atomic E-state index is 13.6. The first-order valence-corrected chi connectivity index (χ1v) is 7.99. The molecular weight excluding hydrogens is 385 g/mol. The zero-order valence-electron chi connectivity index (χ0n) is 12.9. The lowest BCUT2D eigenvalue weighted by Crippen LogP contribution is -2.14. The van der Waals surface area contributed by atoms with Gasteiger partial charge in [0, 0.05) is 12.4 Å². The van der Waals surface area contributed by atoms with Crippen molar-refractivity contribution in [2.75, 3.05) is 10.6 Å². The Kier molecular flexibility index (Phi) is 5.29. The molecule has 0 unspecified atom stereocenters. The van der Waals surface area contributed by atoms with Crippen molar-refractivity contribution in [1.29, 1.82) is 0 Å². The number of halogens is 4. The Bertz CT molecular complexity index is 927. The predicted molar refractivity (Wildman–Crippen MR) is 96.1 cm³/mol. The van der Waals surface area contributed by atoms with Gasteiger partial charge in [0.25, 0.3) is 5.91 Å². The molecule has 2 N–H and O–H groups in total. The fourth-order valence-electron chi connectivity index (χ4n) is 2.04. The lowest BCUT2D eigenvalue weighted by atomic mass is 10.2. The first-order chi connectivity index (χ1) is 12.5. The van der Waals surface area contributed by atoms with E-state index in [1.54, 1.807) is 18.2 Å². The smallest absolute Gasteiger partial charge is 0.258 e. The SMILES string of the molecule is O=C(Nc1c(Cl)cccc1Cl)c1cnc(Nc2c(F)cccc2F)nc1. The molecule has 1 heterocycles. The van der Waals surface area contributed by atoms with Crippen molar-refractivity contribution in [2.24, 2.45) is 0 Å². The van der Waals surface area contributed by atoms with Gasteiger partial charge in [-0.2, -0.15) is 0 Å². The van der Waals surface area contributed by atoms with Gasteiger partial charge in [0.15, 0.2) is 0 Å². The van der Waals surface area contributed by atoms with Gasteiger partial charge in [0.1, 0.15) is 17.3 Å². The van der Waals surface area contributed by atoms with Crippen molar-refractivity contribution >= 4 is 46.4 Å². The van der Waals surface area contributed by atoms with Crippen LogP contribution in [0.1, 0.15) is 10.4 Å². The van der Waals surface area contributed by atoms with Gasteiger partial charge in [-0.3, -0.25) is 4.79 Å². The largest absolute Gasteiger partial charge is 0.319 e. The Morgan fingerprint density at radius 1 is 0.885 bits per heavy atom. The number of carbonyl (C=O) groups is 1. The molecular formula is C17H10Cl2F2N4O. The number of nitrogens with zero attached hydrogens (tertiary/aromatic N) is 2. The maximum atomic E-state index is 13.6. The van der Waals surface area contributed by atoms with Gasteiger partial charge in [-0.1, -0.05) is 35.3 Å². The molecule has 0 aliphatic carbocycles. The number of aromatic nitrogens is 2. The number of para-hydroxylation sites is 2. The summed E-state index contributed by atoms with van der Waals surface area (Å²) in [5.41, 5.74) is -0.00967. The summed E-state index contributed by atoms with van der Waals surface area (Å²) in [5, 5.41) is 5.54. The van der Waals surface area contributed by atoms with E-state index in [0.717, 1.165) is 12.1 Å². The molecule has 0 saturated carbocycles. The number of benzene rings is 2. The van der Waals surface area contributed by atoms with E-state index in [9.17, 15) is 13.6 Å². The summed E-state index contributed by atoms with van der Waals surface area (Å²) >= 11 is 12.0. The molecule has 0 aliphatic heterocycles. The Morgan fingerprint density at radius 3 is 2.00 bits per heavy atom. The van der Waals surface area contributed by atoms with Gasteiger partial charge in [-0.25, -0.2) is 18.7 Å². The second kappa shape index (κ2) is 7.63. The summed E-state index contributed by atoms with van der Waals surface area (Å²) in [6, 6.07) is 8.24. The second-order valence-corrected chi connectivity index (χ2v) is 5.88. The number of amides is 1. The highest BCUT2D eigenvalue weighted by atomic mass is 35.5. The highest BCUT2D eigenvalue weighted by Gasteiger charge is 2.14. The van der Waals surface area contributed by atoms with Crippen LogP contribution in [0.15, 0.2) is 48.8 Å². The number of rotatable bonds is 4. The first kappa shape index (κ1) is 18.0. The second-order valence-electron chi connectivity index (χ2n) is 5.07. The van der Waals surface area contributed by atoms with Crippen LogP contribution >= 0.6 is 23.2 Å². The van der Waals surface area contributed by atoms with Gasteiger partial charge >= 0.3 is 0 Å². The van der Waals surface area contributed by atoms with Crippen LogP contribution in [0.4, 0.5) is 26.1 Å². The van der Waals surface area contributed by atoms with E-state index in [-0.39, 0.29) is 32.9 Å². The predicted octanol–water partition coefficient (Wildman–Crippen LogP) is 5.06. The number of hydrogen-bond acceptors (Lipinski definition) is 4. The van der Waals surface area contributed by atoms with Crippen LogP contribution in [0.5, 0.6) is 0 Å². The monoisotopic (exact) mass is 394 g/mol. The van der Waals surface area contributed by atoms with E-state index in [1.807, 2.05) is 0 Å². The van der Waals surface area contributed by atoms with Crippen LogP contribution in [-0.2, 0) is 0 Å². The standard InChI is InChI=1S/C17H10Cl2F2N4O/c18-10-3-1-4-11(19)14(10)24-16(26)9-7-22-17(23-8-9)25-15-12(20)5-2-6-13(15)21/h1-8H,(H,24,26)(H,22,23,25). The van der Waals surface area contributed by atoms with Crippen LogP contribution in [-0.4, -0.2) is 15.9 Å². The van der Waals surface area contributed by atoms with Gasteiger partial charge < -0.3 is 10.6 Å². The van der Waals surface area contributed by atoms with Crippen molar-refractivity contribution in [3.8, 4) is 0 Å². The molecule has 0 atom stereocenters. The lowest BCUT2D eigenvalue weighted by Gasteiger charge is -2.10. The molecule has 0 radical (unpaired) electrons. The van der Waals surface area contributed by atoms with Crippen molar-refractivity contribution in [2.45, 2.75) is 0 Å². The molecule has 1 aromatic heterocycles. The molecule has 0 aliphatic rings. The Hall–Kier alpha value is -2.77. The van der Waals surface area contributed by atoms with E-state index >= 15 is 0 Å². The molecule has 0 spiro atoms. The highest BCUT2D eigenvalue weighted by molar-refractivity contribution is 6.40. The minimum absolute atomic E-state index is 0.0682. The van der Waals surface area contributed by atoms with Crippen LogP contribution < -0.4 is 10.6 Å². The van der Waals surface area contributed by atoms with Gasteiger partial charge in [-0.15, -0.1) is 0 Å². The summed E-state index contributed by atoms with van der Waals surface area (Å²) in [6.45, 7) is 0. The quantitative estimate of drug-likeness (QED) is 0.648. The third kappa shape index (κ3) is 3.89. The molecule has 0 bridgehead atoms. The third-order valence-corrected chi connectivity index (χ3v) is 3.94. The molecule has 1 amide bonds. The summed E-state index contributed by atoms with van der Waals surface area (Å²) in [5.74, 6) is -2.18. The fourth-order valence-corrected chi connectivity index (χ4v) is 2.53. The van der Waals surface area contributed by atoms with Gasteiger partial charge in [0.2, 0.25) is 5.95 Å². The minimum atomic E-state index is -0.788. The molecule has 0 fully saturated rings. The molecule has 132 valence electrons. The normalized spacial score (nSPS) is 10.5. The van der Waals surface area contributed by atoms with E-state index in [0.29, 0.717) is 0 Å². The Morgan fingerprint density at radius 2 is 1.42 bits per heavy atom. The average molecular weight is 395 g/mol. The van der Waals surface area contributed by atoms with Gasteiger partial charge in [-0.05, 0) is 24.3 Å². The van der Waals surface area contributed by atoms with E-state index in [4.69, 9.17) is 23.2 Å². The molecule has 3 rings (SSSR count). The zero-order chi connectivity index (χ0) is 18.7. The maximum Gasteiger partial charge on any atom is 0.258 e. The molecule has 5 nitrogen and oxygen atoms in total. The minimum Gasteiger partial charge on any atom is -0.319 e. The van der Waals surface area contributed by atoms with E-state index in [2.05, 4.69) is 20.6 Å². The molecule has 3 aromatic rings. The van der Waals surface area contributed by atoms with Crippen molar-refractivity contribution < 1.29 is 13.6 Å². The molecule has 2 aromatic carbocycles. The fraction of sp³-hybridized carbons (Fsp3) is 0. The summed E-state index contributed by atoms with van der Waals surface area (Å²) in [4.78, 5) is 20.0. The van der Waals surface area contributed by atoms with Crippen LogP contribution in [0, 0.1) is 11.6 Å². The Labute approximate surface area is 157 Å². The average Bonchev–Trinajstić information content (AvgIpc) is 2.62. The van der Waals surface area contributed by atoms with E-state index in [1.165, 1.54) is 18.5 Å². The number of hydrogen-bond donors (Lipinski definition) is 2. The molecule has 9 heteroatoms. The van der Waals surface area contributed by atoms with E-state index < -0.39 is 17.5 Å². The zero-order valence-corrected chi connectivity index (χ0v) is 14.4. The number of anilines is 3. The van der Waals surface area contributed by atoms with Crippen molar-refractivity contribution in [1.82, 2.24) is 9.97 Å².